The molecule has 1 aromatic carbocycles. The molecule has 104 valence electrons. The van der Waals surface area contributed by atoms with Crippen molar-refractivity contribution in [3.8, 4) is 0 Å². The highest BCUT2D eigenvalue weighted by atomic mass is 19.2. The fraction of sp³-hybridized carbons (Fsp3) is 0.312. The van der Waals surface area contributed by atoms with Crippen molar-refractivity contribution in [1.29, 1.82) is 0 Å². The van der Waals surface area contributed by atoms with Crippen LogP contribution >= 0.6 is 0 Å². The van der Waals surface area contributed by atoms with E-state index in [2.05, 4.69) is 4.98 Å². The number of aromatic nitrogens is 1. The van der Waals surface area contributed by atoms with Crippen molar-refractivity contribution in [2.75, 3.05) is 0 Å². The summed E-state index contributed by atoms with van der Waals surface area (Å²) in [7, 11) is 0. The van der Waals surface area contributed by atoms with E-state index in [1.165, 1.54) is 0 Å². The summed E-state index contributed by atoms with van der Waals surface area (Å²) in [5, 5.41) is 0. The first-order chi connectivity index (χ1) is 9.66. The number of nitrogens with two attached hydrogens (primary N) is 1. The molecule has 1 aliphatic carbocycles. The minimum absolute atomic E-state index is 0.0535. The molecule has 0 amide bonds. The van der Waals surface area contributed by atoms with Crippen LogP contribution in [0.4, 0.5) is 8.78 Å². The van der Waals surface area contributed by atoms with Crippen LogP contribution in [0.3, 0.4) is 0 Å². The number of rotatable bonds is 1. The molecule has 0 fully saturated rings. The lowest BCUT2D eigenvalue weighted by atomic mass is 9.90. The zero-order chi connectivity index (χ0) is 14.1. The summed E-state index contributed by atoms with van der Waals surface area (Å²) in [5.41, 5.74) is 8.48. The summed E-state index contributed by atoms with van der Waals surface area (Å²) in [5.74, 6) is -1.58. The van der Waals surface area contributed by atoms with Crippen LogP contribution in [0, 0.1) is 11.6 Å². The predicted octanol–water partition coefficient (Wildman–Crippen LogP) is 3.48. The molecule has 2 unspecified atom stereocenters. The van der Waals surface area contributed by atoms with Gasteiger partial charge < -0.3 is 5.73 Å². The highest BCUT2D eigenvalue weighted by molar-refractivity contribution is 5.30. The molecule has 20 heavy (non-hydrogen) atoms. The summed E-state index contributed by atoms with van der Waals surface area (Å²) in [4.78, 5) is 4.34. The van der Waals surface area contributed by atoms with Crippen molar-refractivity contribution < 1.29 is 8.78 Å². The minimum atomic E-state index is -0.789. The third-order valence-electron chi connectivity index (χ3n) is 3.99. The number of hydrogen-bond donors (Lipinski definition) is 1. The number of pyridine rings is 1. The molecule has 4 heteroatoms. The molecule has 1 aromatic heterocycles. The maximum absolute atomic E-state index is 14.0. The summed E-state index contributed by atoms with van der Waals surface area (Å²) in [6.07, 6.45) is 3.83. The van der Waals surface area contributed by atoms with E-state index >= 15 is 0 Å². The Bertz CT molecular complexity index is 628. The molecule has 0 saturated heterocycles. The Balaban J connectivity index is 1.99. The third kappa shape index (κ3) is 2.31. The quantitative estimate of drug-likeness (QED) is 0.809. The Labute approximate surface area is 116 Å². The first kappa shape index (κ1) is 13.2. The van der Waals surface area contributed by atoms with Crippen molar-refractivity contribution in [3.63, 3.8) is 0 Å². The van der Waals surface area contributed by atoms with Crippen LogP contribution in [0.1, 0.15) is 41.6 Å². The Morgan fingerprint density at radius 1 is 1.10 bits per heavy atom. The van der Waals surface area contributed by atoms with E-state index in [4.69, 9.17) is 5.73 Å². The van der Waals surface area contributed by atoms with Crippen molar-refractivity contribution in [2.24, 2.45) is 5.73 Å². The van der Waals surface area contributed by atoms with Crippen LogP contribution in [0.25, 0.3) is 0 Å². The molecule has 0 saturated carbocycles. The van der Waals surface area contributed by atoms with Crippen molar-refractivity contribution in [2.45, 2.75) is 31.2 Å². The Morgan fingerprint density at radius 3 is 2.80 bits per heavy atom. The number of halogens is 2. The molecule has 2 nitrogen and oxygen atoms in total. The molecule has 2 atom stereocenters. The van der Waals surface area contributed by atoms with Gasteiger partial charge in [0.2, 0.25) is 0 Å². The SMILES string of the molecule is NC1CCC(c2cccc(F)c2F)Cc2cccnc21. The smallest absolute Gasteiger partial charge is 0.162 e. The van der Waals surface area contributed by atoms with Gasteiger partial charge in [-0.3, -0.25) is 4.98 Å². The molecule has 2 aromatic rings. The van der Waals surface area contributed by atoms with E-state index in [0.29, 0.717) is 12.0 Å². The minimum Gasteiger partial charge on any atom is -0.323 e. The van der Waals surface area contributed by atoms with Gasteiger partial charge >= 0.3 is 0 Å². The van der Waals surface area contributed by atoms with Gasteiger partial charge in [-0.05, 0) is 48.4 Å². The molecular formula is C16H16F2N2. The first-order valence-electron chi connectivity index (χ1n) is 6.80. The molecule has 0 spiro atoms. The topological polar surface area (TPSA) is 38.9 Å². The van der Waals surface area contributed by atoms with E-state index in [1.54, 1.807) is 18.3 Å². The molecule has 0 radical (unpaired) electrons. The van der Waals surface area contributed by atoms with Gasteiger partial charge in [-0.25, -0.2) is 8.78 Å². The van der Waals surface area contributed by atoms with Gasteiger partial charge in [-0.1, -0.05) is 18.2 Å². The molecule has 1 aliphatic rings. The van der Waals surface area contributed by atoms with Gasteiger partial charge in [-0.2, -0.15) is 0 Å². The molecule has 0 bridgehead atoms. The molecule has 3 rings (SSSR count). The average Bonchev–Trinajstić information content (AvgIpc) is 2.62. The van der Waals surface area contributed by atoms with Gasteiger partial charge in [0.1, 0.15) is 0 Å². The number of nitrogens with zero attached hydrogens (tertiary/aromatic N) is 1. The highest BCUT2D eigenvalue weighted by Crippen LogP contribution is 2.35. The van der Waals surface area contributed by atoms with Crippen LogP contribution < -0.4 is 5.73 Å². The molecule has 2 N–H and O–H groups in total. The second-order valence-electron chi connectivity index (χ2n) is 5.28. The zero-order valence-electron chi connectivity index (χ0n) is 11.0. The Hall–Kier alpha value is -1.81. The van der Waals surface area contributed by atoms with Gasteiger partial charge in [-0.15, -0.1) is 0 Å². The van der Waals surface area contributed by atoms with Crippen LogP contribution in [0.2, 0.25) is 0 Å². The van der Waals surface area contributed by atoms with Crippen LogP contribution in [0.15, 0.2) is 36.5 Å². The summed E-state index contributed by atoms with van der Waals surface area (Å²) in [6.45, 7) is 0. The van der Waals surface area contributed by atoms with Gasteiger partial charge in [0, 0.05) is 12.2 Å². The lowest BCUT2D eigenvalue weighted by Gasteiger charge is -2.16. The number of fused-ring (bicyclic) bond motifs is 1. The summed E-state index contributed by atoms with van der Waals surface area (Å²) in [6, 6.07) is 8.07. The normalized spacial score (nSPS) is 22.1. The van der Waals surface area contributed by atoms with E-state index in [1.807, 2.05) is 12.1 Å². The Morgan fingerprint density at radius 2 is 1.95 bits per heavy atom. The van der Waals surface area contributed by atoms with E-state index in [9.17, 15) is 8.78 Å². The maximum Gasteiger partial charge on any atom is 0.162 e. The van der Waals surface area contributed by atoms with Crippen LogP contribution in [-0.4, -0.2) is 4.98 Å². The molecule has 0 aliphatic heterocycles. The second-order valence-corrected chi connectivity index (χ2v) is 5.28. The fourth-order valence-electron chi connectivity index (χ4n) is 2.94. The van der Waals surface area contributed by atoms with E-state index in [0.717, 1.165) is 30.2 Å². The van der Waals surface area contributed by atoms with Crippen LogP contribution in [-0.2, 0) is 6.42 Å². The van der Waals surface area contributed by atoms with Gasteiger partial charge in [0.05, 0.1) is 5.69 Å². The van der Waals surface area contributed by atoms with Crippen molar-refractivity contribution >= 4 is 0 Å². The van der Waals surface area contributed by atoms with Crippen molar-refractivity contribution in [3.05, 3.63) is 65.0 Å². The fourth-order valence-corrected chi connectivity index (χ4v) is 2.94. The van der Waals surface area contributed by atoms with Gasteiger partial charge in [0.15, 0.2) is 11.6 Å². The standard InChI is InChI=1S/C16H16F2N2/c17-13-5-1-4-12(15(13)18)10-6-7-14(19)16-11(9-10)3-2-8-20-16/h1-5,8,10,14H,6-7,9,19H2. The van der Waals surface area contributed by atoms with Crippen LogP contribution in [0.5, 0.6) is 0 Å². The second kappa shape index (κ2) is 5.29. The Kier molecular flexibility index (Phi) is 3.49. The third-order valence-corrected chi connectivity index (χ3v) is 3.99. The highest BCUT2D eigenvalue weighted by Gasteiger charge is 2.25. The molecule has 1 heterocycles. The first-order valence-corrected chi connectivity index (χ1v) is 6.80. The maximum atomic E-state index is 14.0. The number of benzene rings is 1. The zero-order valence-corrected chi connectivity index (χ0v) is 11.0. The monoisotopic (exact) mass is 274 g/mol. The van der Waals surface area contributed by atoms with Gasteiger partial charge in [0.25, 0.3) is 0 Å². The summed E-state index contributed by atoms with van der Waals surface area (Å²) >= 11 is 0. The van der Waals surface area contributed by atoms with Crippen molar-refractivity contribution in [1.82, 2.24) is 4.98 Å². The lowest BCUT2D eigenvalue weighted by Crippen LogP contribution is -2.12. The van der Waals surface area contributed by atoms with E-state index in [-0.39, 0.29) is 12.0 Å². The largest absolute Gasteiger partial charge is 0.323 e. The predicted molar refractivity (Wildman–Crippen MR) is 73.2 cm³/mol. The number of hydrogen-bond acceptors (Lipinski definition) is 2. The molecular weight excluding hydrogens is 258 g/mol. The summed E-state index contributed by atoms with van der Waals surface area (Å²) < 4.78 is 27.4. The lowest BCUT2D eigenvalue weighted by molar-refractivity contribution is 0.474. The van der Waals surface area contributed by atoms with E-state index < -0.39 is 11.6 Å². The average molecular weight is 274 g/mol.